The van der Waals surface area contributed by atoms with Crippen LogP contribution in [-0.2, 0) is 14.3 Å². The number of nitrogens with zero attached hydrogens (tertiary/aromatic N) is 1. The second-order valence-electron chi connectivity index (χ2n) is 8.91. The Morgan fingerprint density at radius 1 is 1.09 bits per heavy atom. The summed E-state index contributed by atoms with van der Waals surface area (Å²) in [4.78, 5) is 37.9. The van der Waals surface area contributed by atoms with E-state index in [1.807, 2.05) is 48.5 Å². The quantitative estimate of drug-likeness (QED) is 0.581. The molecule has 2 aromatic rings. The molecule has 0 aromatic heterocycles. The van der Waals surface area contributed by atoms with Gasteiger partial charge in [-0.2, -0.15) is 0 Å². The van der Waals surface area contributed by atoms with Gasteiger partial charge in [-0.1, -0.05) is 55.5 Å². The van der Waals surface area contributed by atoms with Crippen molar-refractivity contribution in [3.63, 3.8) is 0 Å². The predicted octanol–water partition coefficient (Wildman–Crippen LogP) is 4.26. The molecule has 7 nitrogen and oxygen atoms in total. The van der Waals surface area contributed by atoms with Crippen LogP contribution in [0.1, 0.15) is 43.2 Å². The fraction of sp³-hybridized carbons (Fsp3) is 0.423. The van der Waals surface area contributed by atoms with Gasteiger partial charge in [0.2, 0.25) is 5.91 Å². The third kappa shape index (κ3) is 4.99. The van der Waals surface area contributed by atoms with Crippen LogP contribution in [0.3, 0.4) is 0 Å². The smallest absolute Gasteiger partial charge is 0.407 e. The number of hydrogen-bond donors (Lipinski definition) is 2. The number of nitrogens with one attached hydrogen (secondary N) is 1. The first-order chi connectivity index (χ1) is 16.8. The van der Waals surface area contributed by atoms with Crippen LogP contribution in [0.2, 0.25) is 0 Å². The highest BCUT2D eigenvalue weighted by Gasteiger charge is 2.41. The first-order valence-electron chi connectivity index (χ1n) is 11.7. The largest absolute Gasteiger partial charge is 0.481 e. The van der Waals surface area contributed by atoms with Crippen LogP contribution in [0.4, 0.5) is 13.6 Å². The lowest BCUT2D eigenvalue weighted by Crippen LogP contribution is -2.46. The number of alkyl halides is 2. The maximum absolute atomic E-state index is 13.7. The van der Waals surface area contributed by atoms with Gasteiger partial charge in [0, 0.05) is 18.5 Å². The molecule has 3 atom stereocenters. The van der Waals surface area contributed by atoms with Crippen LogP contribution in [0.25, 0.3) is 11.1 Å². The summed E-state index contributed by atoms with van der Waals surface area (Å²) in [6, 6.07) is 13.2. The molecular formula is C26H28F2N2O5. The molecule has 0 saturated carbocycles. The molecule has 9 heteroatoms. The van der Waals surface area contributed by atoms with Gasteiger partial charge in [-0.05, 0) is 35.1 Å². The molecule has 2 aliphatic rings. The molecule has 1 aliphatic heterocycles. The predicted molar refractivity (Wildman–Crippen MR) is 124 cm³/mol. The third-order valence-electron chi connectivity index (χ3n) is 6.95. The van der Waals surface area contributed by atoms with Gasteiger partial charge in [0.15, 0.2) is 0 Å². The zero-order valence-corrected chi connectivity index (χ0v) is 19.3. The molecule has 0 spiro atoms. The van der Waals surface area contributed by atoms with Crippen LogP contribution in [-0.4, -0.2) is 59.6 Å². The van der Waals surface area contributed by atoms with E-state index < -0.39 is 48.8 Å². The Labute approximate surface area is 202 Å². The van der Waals surface area contributed by atoms with Crippen molar-refractivity contribution in [3.05, 3.63) is 59.7 Å². The maximum Gasteiger partial charge on any atom is 0.407 e. The van der Waals surface area contributed by atoms with Crippen LogP contribution in [0.5, 0.6) is 0 Å². The van der Waals surface area contributed by atoms with Crippen molar-refractivity contribution in [2.75, 3.05) is 13.2 Å². The molecule has 35 heavy (non-hydrogen) atoms. The number of fused-ring (bicyclic) bond motifs is 3. The molecule has 0 radical (unpaired) electrons. The summed E-state index contributed by atoms with van der Waals surface area (Å²) in [6.07, 6.45) is -3.97. The van der Waals surface area contributed by atoms with E-state index in [9.17, 15) is 28.3 Å². The van der Waals surface area contributed by atoms with Gasteiger partial charge in [0.25, 0.3) is 6.43 Å². The van der Waals surface area contributed by atoms with E-state index in [4.69, 9.17) is 4.74 Å². The van der Waals surface area contributed by atoms with Gasteiger partial charge >= 0.3 is 12.1 Å². The lowest BCUT2D eigenvalue weighted by Gasteiger charge is -2.27. The van der Waals surface area contributed by atoms with Crippen molar-refractivity contribution in [1.82, 2.24) is 10.2 Å². The van der Waals surface area contributed by atoms with Crippen molar-refractivity contribution >= 4 is 18.0 Å². The molecule has 4 rings (SSSR count). The molecule has 2 amide bonds. The third-order valence-corrected chi connectivity index (χ3v) is 6.95. The van der Waals surface area contributed by atoms with Crippen molar-refractivity contribution in [2.45, 2.75) is 50.6 Å². The van der Waals surface area contributed by atoms with E-state index in [1.165, 1.54) is 4.90 Å². The number of carboxylic acid groups (broad SMARTS) is 1. The van der Waals surface area contributed by atoms with Crippen LogP contribution >= 0.6 is 0 Å². The molecule has 0 bridgehead atoms. The number of benzene rings is 2. The van der Waals surface area contributed by atoms with Gasteiger partial charge in [-0.3, -0.25) is 9.59 Å². The lowest BCUT2D eigenvalue weighted by molar-refractivity contribution is -0.143. The molecule has 2 N–H and O–H groups in total. The number of alkyl carbamates (subject to hydrolysis) is 1. The average molecular weight is 487 g/mol. The van der Waals surface area contributed by atoms with Crippen molar-refractivity contribution in [3.8, 4) is 11.1 Å². The van der Waals surface area contributed by atoms with E-state index in [1.54, 1.807) is 6.92 Å². The number of rotatable bonds is 8. The van der Waals surface area contributed by atoms with Crippen molar-refractivity contribution in [2.24, 2.45) is 5.92 Å². The summed E-state index contributed by atoms with van der Waals surface area (Å²) in [5, 5.41) is 11.5. The lowest BCUT2D eigenvalue weighted by atomic mass is 9.98. The minimum Gasteiger partial charge on any atom is -0.481 e. The minimum atomic E-state index is -2.99. The van der Waals surface area contributed by atoms with Crippen LogP contribution < -0.4 is 5.32 Å². The molecule has 1 fully saturated rings. The zero-order chi connectivity index (χ0) is 25.1. The van der Waals surface area contributed by atoms with E-state index in [-0.39, 0.29) is 25.5 Å². The van der Waals surface area contributed by atoms with E-state index in [2.05, 4.69) is 5.32 Å². The number of aliphatic carboxylic acids is 1. The Kier molecular flexibility index (Phi) is 7.33. The van der Waals surface area contributed by atoms with Gasteiger partial charge < -0.3 is 20.1 Å². The van der Waals surface area contributed by atoms with Gasteiger partial charge in [-0.25, -0.2) is 13.6 Å². The topological polar surface area (TPSA) is 95.9 Å². The van der Waals surface area contributed by atoms with Crippen LogP contribution in [0, 0.1) is 5.92 Å². The number of likely N-dealkylation sites (tertiary alicyclic amines) is 1. The number of amides is 2. The second-order valence-corrected chi connectivity index (χ2v) is 8.91. The Balaban J connectivity index is 1.38. The Morgan fingerprint density at radius 2 is 1.69 bits per heavy atom. The number of ether oxygens (including phenoxy) is 1. The van der Waals surface area contributed by atoms with Gasteiger partial charge in [-0.15, -0.1) is 0 Å². The van der Waals surface area contributed by atoms with Crippen LogP contribution in [0.15, 0.2) is 48.5 Å². The van der Waals surface area contributed by atoms with E-state index >= 15 is 0 Å². The number of halogens is 2. The number of carbonyl (C=O) groups excluding carboxylic acids is 2. The molecule has 1 saturated heterocycles. The molecule has 2 aromatic carbocycles. The molecule has 1 heterocycles. The molecular weight excluding hydrogens is 458 g/mol. The number of hydrogen-bond acceptors (Lipinski definition) is 4. The average Bonchev–Trinajstić information content (AvgIpc) is 3.42. The normalized spacial score (nSPS) is 19.8. The SMILES string of the molecule is CCC1C(C(=O)O)CCN1C(=O)CC(NC(=O)OCC1c2ccccc2-c2ccccc21)C(F)F. The van der Waals surface area contributed by atoms with Gasteiger partial charge in [0.05, 0.1) is 12.3 Å². The minimum absolute atomic E-state index is 0.0336. The van der Waals surface area contributed by atoms with E-state index in [0.29, 0.717) is 6.42 Å². The molecule has 186 valence electrons. The summed E-state index contributed by atoms with van der Waals surface area (Å²) >= 11 is 0. The standard InChI is InChI=1S/C26H28F2N2O5/c1-2-22-19(25(32)33)11-12-30(22)23(31)13-21(24(27)28)29-26(34)35-14-20-17-9-5-3-7-15(17)16-8-4-6-10-18(16)20/h3-10,19-22,24H,2,11-14H2,1H3,(H,29,34)(H,32,33). The molecule has 1 aliphatic carbocycles. The van der Waals surface area contributed by atoms with E-state index in [0.717, 1.165) is 22.3 Å². The van der Waals surface area contributed by atoms with Gasteiger partial charge in [0.1, 0.15) is 12.6 Å². The first kappa shape index (κ1) is 24.6. The van der Waals surface area contributed by atoms with Crippen molar-refractivity contribution in [1.29, 1.82) is 0 Å². The summed E-state index contributed by atoms with van der Waals surface area (Å²) in [5.74, 6) is -2.55. The molecule has 3 unspecified atom stereocenters. The number of carboxylic acids is 1. The van der Waals surface area contributed by atoms with Crippen molar-refractivity contribution < 1.29 is 33.0 Å². The number of carbonyl (C=O) groups is 3. The summed E-state index contributed by atoms with van der Waals surface area (Å²) in [5.41, 5.74) is 4.08. The second kappa shape index (κ2) is 10.4. The highest BCUT2D eigenvalue weighted by Crippen LogP contribution is 2.44. The Morgan fingerprint density at radius 3 is 2.23 bits per heavy atom. The zero-order valence-electron chi connectivity index (χ0n) is 19.3. The highest BCUT2D eigenvalue weighted by atomic mass is 19.3. The summed E-state index contributed by atoms with van der Waals surface area (Å²) in [7, 11) is 0. The fourth-order valence-corrected chi connectivity index (χ4v) is 5.26. The Bertz CT molecular complexity index is 1060. The highest BCUT2D eigenvalue weighted by molar-refractivity contribution is 5.81. The first-order valence-corrected chi connectivity index (χ1v) is 11.7. The maximum atomic E-state index is 13.7. The monoisotopic (exact) mass is 486 g/mol. The Hall–Kier alpha value is -3.49. The summed E-state index contributed by atoms with van der Waals surface area (Å²) in [6.45, 7) is 1.91. The fourth-order valence-electron chi connectivity index (χ4n) is 5.26. The summed E-state index contributed by atoms with van der Waals surface area (Å²) < 4.78 is 32.7.